The summed E-state index contributed by atoms with van der Waals surface area (Å²) in [6.07, 6.45) is 16.4. The van der Waals surface area contributed by atoms with Crippen LogP contribution in [0.5, 0.6) is 0 Å². The Hall–Kier alpha value is -0.110. The van der Waals surface area contributed by atoms with E-state index < -0.39 is 0 Å². The molecule has 1 fully saturated rings. The summed E-state index contributed by atoms with van der Waals surface area (Å²) < 4.78 is 0. The molecule has 1 aliphatic rings. The number of hydrogen-bond donors (Lipinski definition) is 1. The molecular formula is C18H35NS. The van der Waals surface area contributed by atoms with E-state index in [1.54, 1.807) is 0 Å². The Morgan fingerprint density at radius 2 is 1.75 bits per heavy atom. The SMILES string of the molecule is CCCCCCCC(CC)C(=S)NCC1CCCCC1. The van der Waals surface area contributed by atoms with Crippen molar-refractivity contribution in [1.82, 2.24) is 5.32 Å². The van der Waals surface area contributed by atoms with Crippen molar-refractivity contribution in [3.05, 3.63) is 0 Å². The average molecular weight is 298 g/mol. The fraction of sp³-hybridized carbons (Fsp3) is 0.944. The zero-order valence-electron chi connectivity index (χ0n) is 13.8. The molecule has 0 aromatic rings. The standard InChI is InChI=1S/C18H35NS/c1-3-5-6-7-11-14-17(4-2)18(20)19-15-16-12-9-8-10-13-16/h16-17H,3-15H2,1-2H3,(H,19,20). The van der Waals surface area contributed by atoms with Crippen LogP contribution < -0.4 is 5.32 Å². The van der Waals surface area contributed by atoms with E-state index in [-0.39, 0.29) is 0 Å². The van der Waals surface area contributed by atoms with Crippen molar-refractivity contribution in [2.24, 2.45) is 11.8 Å². The highest BCUT2D eigenvalue weighted by Crippen LogP contribution is 2.23. The molecule has 0 aliphatic heterocycles. The number of rotatable bonds is 10. The quantitative estimate of drug-likeness (QED) is 0.400. The van der Waals surface area contributed by atoms with Gasteiger partial charge in [0.15, 0.2) is 0 Å². The van der Waals surface area contributed by atoms with E-state index in [0.29, 0.717) is 5.92 Å². The third-order valence-electron chi connectivity index (χ3n) is 4.81. The molecule has 118 valence electrons. The van der Waals surface area contributed by atoms with Gasteiger partial charge < -0.3 is 5.32 Å². The summed E-state index contributed by atoms with van der Waals surface area (Å²) >= 11 is 5.63. The minimum Gasteiger partial charge on any atom is -0.379 e. The Balaban J connectivity index is 2.13. The van der Waals surface area contributed by atoms with Gasteiger partial charge in [-0.2, -0.15) is 0 Å². The van der Waals surface area contributed by atoms with Crippen molar-refractivity contribution in [1.29, 1.82) is 0 Å². The Morgan fingerprint density at radius 3 is 2.40 bits per heavy atom. The van der Waals surface area contributed by atoms with E-state index in [0.717, 1.165) is 17.5 Å². The van der Waals surface area contributed by atoms with Crippen LogP contribution in [0.1, 0.15) is 90.9 Å². The van der Waals surface area contributed by atoms with Gasteiger partial charge in [-0.1, -0.05) is 77.4 Å². The molecule has 1 nitrogen and oxygen atoms in total. The summed E-state index contributed by atoms with van der Waals surface area (Å²) in [5.41, 5.74) is 0. The Kier molecular flexibility index (Phi) is 10.4. The van der Waals surface area contributed by atoms with Gasteiger partial charge in [0.2, 0.25) is 0 Å². The predicted octanol–water partition coefficient (Wildman–Crippen LogP) is 5.87. The monoisotopic (exact) mass is 297 g/mol. The molecule has 0 aromatic heterocycles. The molecule has 0 spiro atoms. The average Bonchev–Trinajstić information content (AvgIpc) is 2.49. The second-order valence-electron chi connectivity index (χ2n) is 6.56. The molecule has 0 saturated heterocycles. The molecular weight excluding hydrogens is 262 g/mol. The summed E-state index contributed by atoms with van der Waals surface area (Å²) in [5, 5.41) is 3.59. The smallest absolute Gasteiger partial charge is 0.0784 e. The van der Waals surface area contributed by atoms with Crippen molar-refractivity contribution in [3.8, 4) is 0 Å². The minimum atomic E-state index is 0.621. The normalized spacial score (nSPS) is 17.9. The second kappa shape index (κ2) is 11.5. The van der Waals surface area contributed by atoms with Gasteiger partial charge in [-0.05, 0) is 31.6 Å². The van der Waals surface area contributed by atoms with Crippen LogP contribution in [-0.4, -0.2) is 11.5 Å². The number of unbranched alkanes of at least 4 members (excludes halogenated alkanes) is 4. The molecule has 1 saturated carbocycles. The lowest BCUT2D eigenvalue weighted by molar-refractivity contribution is 0.355. The van der Waals surface area contributed by atoms with Crippen molar-refractivity contribution >= 4 is 17.2 Å². The first kappa shape index (κ1) is 17.9. The zero-order chi connectivity index (χ0) is 14.6. The van der Waals surface area contributed by atoms with Crippen molar-refractivity contribution in [3.63, 3.8) is 0 Å². The van der Waals surface area contributed by atoms with Crippen molar-refractivity contribution in [2.45, 2.75) is 90.9 Å². The van der Waals surface area contributed by atoms with Gasteiger partial charge in [-0.3, -0.25) is 0 Å². The van der Waals surface area contributed by atoms with Crippen LogP contribution in [0, 0.1) is 11.8 Å². The van der Waals surface area contributed by atoms with Crippen molar-refractivity contribution < 1.29 is 0 Å². The Morgan fingerprint density at radius 1 is 1.05 bits per heavy atom. The second-order valence-corrected chi connectivity index (χ2v) is 7.00. The summed E-state index contributed by atoms with van der Waals surface area (Å²) in [7, 11) is 0. The first-order chi connectivity index (χ1) is 9.77. The molecule has 1 unspecified atom stereocenters. The first-order valence-corrected chi connectivity index (χ1v) is 9.46. The minimum absolute atomic E-state index is 0.621. The van der Waals surface area contributed by atoms with Gasteiger partial charge in [0, 0.05) is 12.5 Å². The largest absolute Gasteiger partial charge is 0.379 e. The topological polar surface area (TPSA) is 12.0 Å². The van der Waals surface area contributed by atoms with Crippen LogP contribution in [0.3, 0.4) is 0 Å². The highest BCUT2D eigenvalue weighted by Gasteiger charge is 2.16. The fourth-order valence-electron chi connectivity index (χ4n) is 3.30. The van der Waals surface area contributed by atoms with Crippen LogP contribution in [0.25, 0.3) is 0 Å². The molecule has 20 heavy (non-hydrogen) atoms. The van der Waals surface area contributed by atoms with Crippen LogP contribution >= 0.6 is 12.2 Å². The van der Waals surface area contributed by atoms with Gasteiger partial charge in [0.05, 0.1) is 4.99 Å². The maximum absolute atomic E-state index is 5.63. The van der Waals surface area contributed by atoms with Crippen molar-refractivity contribution in [2.75, 3.05) is 6.54 Å². The van der Waals surface area contributed by atoms with E-state index >= 15 is 0 Å². The third kappa shape index (κ3) is 7.61. The van der Waals surface area contributed by atoms with E-state index in [9.17, 15) is 0 Å². The molecule has 0 bridgehead atoms. The summed E-state index contributed by atoms with van der Waals surface area (Å²) in [4.78, 5) is 1.15. The molecule has 0 aromatic carbocycles. The predicted molar refractivity (Wildman–Crippen MR) is 94.3 cm³/mol. The van der Waals surface area contributed by atoms with Crippen LogP contribution in [0.15, 0.2) is 0 Å². The lowest BCUT2D eigenvalue weighted by Crippen LogP contribution is -2.33. The summed E-state index contributed by atoms with van der Waals surface area (Å²) in [5.74, 6) is 1.50. The highest BCUT2D eigenvalue weighted by molar-refractivity contribution is 7.80. The van der Waals surface area contributed by atoms with Gasteiger partial charge in [-0.25, -0.2) is 0 Å². The molecule has 1 rings (SSSR count). The van der Waals surface area contributed by atoms with Crippen LogP contribution in [-0.2, 0) is 0 Å². The lowest BCUT2D eigenvalue weighted by Gasteiger charge is -2.24. The van der Waals surface area contributed by atoms with Gasteiger partial charge >= 0.3 is 0 Å². The molecule has 1 aliphatic carbocycles. The molecule has 0 radical (unpaired) electrons. The number of thiocarbonyl (C=S) groups is 1. The number of hydrogen-bond acceptors (Lipinski definition) is 1. The van der Waals surface area contributed by atoms with E-state index in [2.05, 4.69) is 19.2 Å². The molecule has 2 heteroatoms. The lowest BCUT2D eigenvalue weighted by atomic mass is 9.89. The molecule has 1 atom stereocenters. The maximum atomic E-state index is 5.63. The van der Waals surface area contributed by atoms with Crippen LogP contribution in [0.2, 0.25) is 0 Å². The maximum Gasteiger partial charge on any atom is 0.0784 e. The van der Waals surface area contributed by atoms with Gasteiger partial charge in [0.25, 0.3) is 0 Å². The summed E-state index contributed by atoms with van der Waals surface area (Å²) in [6, 6.07) is 0. The fourth-order valence-corrected chi connectivity index (χ4v) is 3.66. The van der Waals surface area contributed by atoms with Gasteiger partial charge in [-0.15, -0.1) is 0 Å². The van der Waals surface area contributed by atoms with E-state index in [4.69, 9.17) is 12.2 Å². The number of nitrogens with one attached hydrogen (secondary N) is 1. The Labute approximate surface area is 132 Å². The molecule has 0 amide bonds. The third-order valence-corrected chi connectivity index (χ3v) is 5.29. The zero-order valence-corrected chi connectivity index (χ0v) is 14.6. The van der Waals surface area contributed by atoms with E-state index in [1.807, 2.05) is 0 Å². The summed E-state index contributed by atoms with van der Waals surface area (Å²) in [6.45, 7) is 5.69. The van der Waals surface area contributed by atoms with Crippen LogP contribution in [0.4, 0.5) is 0 Å². The first-order valence-electron chi connectivity index (χ1n) is 9.05. The highest BCUT2D eigenvalue weighted by atomic mass is 32.1. The molecule has 1 N–H and O–H groups in total. The molecule has 0 heterocycles. The van der Waals surface area contributed by atoms with E-state index in [1.165, 1.54) is 77.0 Å². The van der Waals surface area contributed by atoms with Gasteiger partial charge in [0.1, 0.15) is 0 Å². The Bertz CT molecular complexity index is 246.